The molecule has 0 saturated heterocycles. The van der Waals surface area contributed by atoms with E-state index in [2.05, 4.69) is 15.2 Å². The largest absolute Gasteiger partial charge is 0.494 e. The van der Waals surface area contributed by atoms with Crippen LogP contribution in [0.3, 0.4) is 0 Å². The van der Waals surface area contributed by atoms with E-state index in [1.165, 1.54) is 40.6 Å². The highest BCUT2D eigenvalue weighted by molar-refractivity contribution is 5.68. The third-order valence-electron chi connectivity index (χ3n) is 3.83. The first-order valence-electron chi connectivity index (χ1n) is 7.68. The normalized spacial score (nSPS) is 10.5. The Morgan fingerprint density at radius 2 is 1.46 bits per heavy atom. The summed E-state index contributed by atoms with van der Waals surface area (Å²) in [5.74, 6) is 1.98. The van der Waals surface area contributed by atoms with Crippen molar-refractivity contribution in [2.75, 3.05) is 28.4 Å². The smallest absolute Gasteiger partial charge is 0.203 e. The van der Waals surface area contributed by atoms with Crippen LogP contribution in [0.25, 0.3) is 22.8 Å². The summed E-state index contributed by atoms with van der Waals surface area (Å²) in [6, 6.07) is 8.04. The monoisotopic (exact) mass is 359 g/mol. The van der Waals surface area contributed by atoms with E-state index >= 15 is 0 Å². The van der Waals surface area contributed by atoms with Gasteiger partial charge in [-0.25, -0.2) is 9.37 Å². The van der Waals surface area contributed by atoms with Crippen molar-refractivity contribution in [1.82, 2.24) is 15.2 Å². The molecule has 0 atom stereocenters. The van der Waals surface area contributed by atoms with Gasteiger partial charge in [0.05, 0.1) is 28.4 Å². The van der Waals surface area contributed by atoms with E-state index in [4.69, 9.17) is 18.9 Å². The highest BCUT2D eigenvalue weighted by atomic mass is 19.1. The third-order valence-corrected chi connectivity index (χ3v) is 3.83. The molecule has 0 radical (unpaired) electrons. The SMILES string of the molecule is COc1ccc(-c2nc(-c3cc(OC)c(OC)c(OC)c3)n[nH]2)cc1F. The Morgan fingerprint density at radius 3 is 2.00 bits per heavy atom. The van der Waals surface area contributed by atoms with E-state index in [9.17, 15) is 4.39 Å². The molecule has 0 spiro atoms. The van der Waals surface area contributed by atoms with Crippen LogP contribution in [0.1, 0.15) is 0 Å². The molecule has 0 saturated carbocycles. The van der Waals surface area contributed by atoms with E-state index < -0.39 is 5.82 Å². The molecule has 3 aromatic rings. The van der Waals surface area contributed by atoms with Crippen molar-refractivity contribution in [3.63, 3.8) is 0 Å². The van der Waals surface area contributed by atoms with E-state index in [0.717, 1.165) is 0 Å². The summed E-state index contributed by atoms with van der Waals surface area (Å²) in [5, 5.41) is 7.01. The van der Waals surface area contributed by atoms with Crippen LogP contribution < -0.4 is 18.9 Å². The Kier molecular flexibility index (Phi) is 4.92. The molecule has 3 rings (SSSR count). The van der Waals surface area contributed by atoms with Gasteiger partial charge >= 0.3 is 0 Å². The Balaban J connectivity index is 2.01. The number of nitrogens with zero attached hydrogens (tertiary/aromatic N) is 2. The molecule has 0 aliphatic heterocycles. The molecule has 1 aromatic heterocycles. The summed E-state index contributed by atoms with van der Waals surface area (Å²) in [6.07, 6.45) is 0. The summed E-state index contributed by atoms with van der Waals surface area (Å²) in [7, 11) is 6.01. The van der Waals surface area contributed by atoms with Crippen LogP contribution in [0.4, 0.5) is 4.39 Å². The van der Waals surface area contributed by atoms with Crippen LogP contribution in [0.15, 0.2) is 30.3 Å². The lowest BCUT2D eigenvalue weighted by atomic mass is 10.1. The second-order valence-electron chi connectivity index (χ2n) is 5.27. The van der Waals surface area contributed by atoms with Gasteiger partial charge in [-0.15, -0.1) is 0 Å². The molecule has 0 bridgehead atoms. The summed E-state index contributed by atoms with van der Waals surface area (Å²) in [4.78, 5) is 4.43. The van der Waals surface area contributed by atoms with Crippen molar-refractivity contribution in [1.29, 1.82) is 0 Å². The van der Waals surface area contributed by atoms with E-state index in [1.807, 2.05) is 0 Å². The minimum Gasteiger partial charge on any atom is -0.494 e. The van der Waals surface area contributed by atoms with Crippen molar-refractivity contribution in [3.8, 4) is 45.8 Å². The topological polar surface area (TPSA) is 78.5 Å². The average molecular weight is 359 g/mol. The number of ether oxygens (including phenoxy) is 4. The molecule has 136 valence electrons. The molecule has 1 heterocycles. The zero-order valence-corrected chi connectivity index (χ0v) is 14.8. The molecule has 8 heteroatoms. The van der Waals surface area contributed by atoms with Crippen LogP contribution >= 0.6 is 0 Å². The van der Waals surface area contributed by atoms with Crippen LogP contribution in [-0.4, -0.2) is 43.6 Å². The fraction of sp³-hybridized carbons (Fsp3) is 0.222. The Morgan fingerprint density at radius 1 is 0.808 bits per heavy atom. The molecule has 7 nitrogen and oxygen atoms in total. The van der Waals surface area contributed by atoms with Gasteiger partial charge in [0.1, 0.15) is 0 Å². The van der Waals surface area contributed by atoms with E-state index in [-0.39, 0.29) is 5.75 Å². The van der Waals surface area contributed by atoms with Crippen molar-refractivity contribution >= 4 is 0 Å². The summed E-state index contributed by atoms with van der Waals surface area (Å²) < 4.78 is 34.8. The molecule has 1 N–H and O–H groups in total. The van der Waals surface area contributed by atoms with Crippen LogP contribution in [0.2, 0.25) is 0 Å². The fourth-order valence-electron chi connectivity index (χ4n) is 2.54. The maximum Gasteiger partial charge on any atom is 0.203 e. The molecule has 0 unspecified atom stereocenters. The van der Waals surface area contributed by atoms with Gasteiger partial charge in [0.2, 0.25) is 5.75 Å². The number of aromatic nitrogens is 3. The summed E-state index contributed by atoms with van der Waals surface area (Å²) >= 11 is 0. The van der Waals surface area contributed by atoms with Crippen molar-refractivity contribution in [3.05, 3.63) is 36.1 Å². The van der Waals surface area contributed by atoms with E-state index in [0.29, 0.717) is 40.0 Å². The van der Waals surface area contributed by atoms with Crippen LogP contribution in [0.5, 0.6) is 23.0 Å². The van der Waals surface area contributed by atoms with Gasteiger partial charge in [-0.2, -0.15) is 5.10 Å². The summed E-state index contributed by atoms with van der Waals surface area (Å²) in [6.45, 7) is 0. The minimum absolute atomic E-state index is 0.165. The maximum atomic E-state index is 13.9. The zero-order chi connectivity index (χ0) is 18.7. The number of rotatable bonds is 6. The van der Waals surface area contributed by atoms with Gasteiger partial charge in [0.15, 0.2) is 34.7 Å². The first-order chi connectivity index (χ1) is 12.6. The molecule has 2 aromatic carbocycles. The van der Waals surface area contributed by atoms with Crippen molar-refractivity contribution in [2.24, 2.45) is 0 Å². The summed E-state index contributed by atoms with van der Waals surface area (Å²) in [5.41, 5.74) is 1.21. The first kappa shape index (κ1) is 17.5. The highest BCUT2D eigenvalue weighted by Crippen LogP contribution is 2.40. The van der Waals surface area contributed by atoms with E-state index in [1.54, 1.807) is 18.2 Å². The van der Waals surface area contributed by atoms with Gasteiger partial charge < -0.3 is 18.9 Å². The van der Waals surface area contributed by atoms with Gasteiger partial charge in [-0.3, -0.25) is 5.10 Å². The van der Waals surface area contributed by atoms with Crippen LogP contribution in [0, 0.1) is 5.82 Å². The molecule has 0 aliphatic carbocycles. The predicted molar refractivity (Wildman–Crippen MR) is 93.4 cm³/mol. The minimum atomic E-state index is -0.476. The molecular weight excluding hydrogens is 341 g/mol. The van der Waals surface area contributed by atoms with Gasteiger partial charge in [-0.05, 0) is 30.3 Å². The Bertz CT molecular complexity index is 902. The lowest BCUT2D eigenvalue weighted by molar-refractivity contribution is 0.324. The molecule has 0 aliphatic rings. The Hall–Kier alpha value is -3.29. The molecular formula is C18H18FN3O4. The van der Waals surface area contributed by atoms with Crippen molar-refractivity contribution in [2.45, 2.75) is 0 Å². The van der Waals surface area contributed by atoms with Gasteiger partial charge in [0.25, 0.3) is 0 Å². The third kappa shape index (κ3) is 3.13. The Labute approximate surface area is 149 Å². The number of methoxy groups -OCH3 is 4. The average Bonchev–Trinajstić information content (AvgIpc) is 3.16. The van der Waals surface area contributed by atoms with Crippen LogP contribution in [-0.2, 0) is 0 Å². The number of benzene rings is 2. The van der Waals surface area contributed by atoms with Crippen molar-refractivity contribution < 1.29 is 23.3 Å². The second-order valence-corrected chi connectivity index (χ2v) is 5.27. The zero-order valence-electron chi connectivity index (χ0n) is 14.8. The number of aromatic amines is 1. The van der Waals surface area contributed by atoms with Gasteiger partial charge in [-0.1, -0.05) is 0 Å². The highest BCUT2D eigenvalue weighted by Gasteiger charge is 2.17. The predicted octanol–water partition coefficient (Wildman–Crippen LogP) is 3.31. The number of nitrogens with one attached hydrogen (secondary N) is 1. The number of hydrogen-bond donors (Lipinski definition) is 1. The standard InChI is InChI=1S/C18H18FN3O4/c1-23-13-6-5-10(7-12(13)19)17-20-18(22-21-17)11-8-14(24-2)16(26-4)15(9-11)25-3/h5-9H,1-4H3,(H,20,21,22). The molecule has 0 amide bonds. The molecule has 26 heavy (non-hydrogen) atoms. The molecule has 0 fully saturated rings. The second kappa shape index (κ2) is 7.30. The number of hydrogen-bond acceptors (Lipinski definition) is 6. The van der Waals surface area contributed by atoms with Gasteiger partial charge in [0, 0.05) is 11.1 Å². The number of halogens is 1. The fourth-order valence-corrected chi connectivity index (χ4v) is 2.54. The first-order valence-corrected chi connectivity index (χ1v) is 7.68. The maximum absolute atomic E-state index is 13.9. The lowest BCUT2D eigenvalue weighted by Gasteiger charge is -2.12. The number of H-pyrrole nitrogens is 1. The quantitative estimate of drug-likeness (QED) is 0.727. The lowest BCUT2D eigenvalue weighted by Crippen LogP contribution is -1.96.